The summed E-state index contributed by atoms with van der Waals surface area (Å²) in [5.41, 5.74) is 4.55. The molecule has 0 atom stereocenters. The topological polar surface area (TPSA) is 61.8 Å². The second kappa shape index (κ2) is 10.4. The predicted molar refractivity (Wildman–Crippen MR) is 127 cm³/mol. The Balaban J connectivity index is 1.94. The van der Waals surface area contributed by atoms with Crippen LogP contribution in [0.2, 0.25) is 0 Å². The van der Waals surface area contributed by atoms with Gasteiger partial charge in [-0.3, -0.25) is 0 Å². The molecule has 0 bridgehead atoms. The first-order valence-electron chi connectivity index (χ1n) is 11.6. The smallest absolute Gasteiger partial charge is 0.350 e. The van der Waals surface area contributed by atoms with Crippen LogP contribution in [0, 0.1) is 23.2 Å². The molecule has 2 aliphatic carbocycles. The summed E-state index contributed by atoms with van der Waals surface area (Å²) < 4.78 is 5.12. The normalized spacial score (nSPS) is 26.6. The van der Waals surface area contributed by atoms with Crippen LogP contribution in [-0.2, 0) is 4.74 Å². The number of nitrogens with zero attached hydrogens (tertiary/aromatic N) is 1. The molecule has 0 unspecified atom stereocenters. The fourth-order valence-corrected chi connectivity index (χ4v) is 5.30. The second-order valence-electron chi connectivity index (χ2n) is 10.2. The minimum Gasteiger partial charge on any atom is -0.465 e. The van der Waals surface area contributed by atoms with Gasteiger partial charge in [-0.25, -0.2) is 10.2 Å². The number of hydrogen-bond donors (Lipinski definition) is 2. The van der Waals surface area contributed by atoms with Gasteiger partial charge in [-0.1, -0.05) is 18.8 Å². The summed E-state index contributed by atoms with van der Waals surface area (Å²) in [7, 11) is 1.43. The molecule has 3 rings (SSSR count). The Morgan fingerprint density at radius 3 is 2.39 bits per heavy atom. The Hall–Kier alpha value is -1.55. The summed E-state index contributed by atoms with van der Waals surface area (Å²) in [5.74, 6) is 7.01. The number of thiophene rings is 1. The number of nitrogens with one attached hydrogen (secondary N) is 1. The standard InChI is InChI=1S/C25H38N2O3S/c1-17-6-8-18(9-7-17)26-27(19-10-12-20(28)13-11-19)22-16-21(14-15-25(2,3)4)31-23(22)24(29)30-5/h16-20,26,28H,6-13H2,1-5H3. The number of esters is 1. The molecule has 5 nitrogen and oxygen atoms in total. The van der Waals surface area contributed by atoms with Crippen molar-refractivity contribution in [2.75, 3.05) is 12.1 Å². The molecule has 2 N–H and O–H groups in total. The zero-order valence-electron chi connectivity index (χ0n) is 19.7. The summed E-state index contributed by atoms with van der Waals surface area (Å²) in [4.78, 5) is 14.1. The van der Waals surface area contributed by atoms with E-state index in [0.717, 1.165) is 55.0 Å². The molecule has 0 radical (unpaired) electrons. The van der Waals surface area contributed by atoms with Crippen LogP contribution in [0.1, 0.15) is 93.6 Å². The Bertz CT molecular complexity index is 801. The van der Waals surface area contributed by atoms with Gasteiger partial charge < -0.3 is 14.9 Å². The average Bonchev–Trinajstić information content (AvgIpc) is 3.16. The lowest BCUT2D eigenvalue weighted by atomic mass is 9.87. The maximum absolute atomic E-state index is 12.7. The number of carbonyl (C=O) groups excluding carboxylic acids is 1. The van der Waals surface area contributed by atoms with Crippen molar-refractivity contribution in [1.82, 2.24) is 5.43 Å². The number of aliphatic hydroxyl groups is 1. The highest BCUT2D eigenvalue weighted by Gasteiger charge is 2.32. The lowest BCUT2D eigenvalue weighted by Gasteiger charge is -2.41. The highest BCUT2D eigenvalue weighted by atomic mass is 32.1. The fourth-order valence-electron chi connectivity index (χ4n) is 4.38. The molecule has 2 fully saturated rings. The summed E-state index contributed by atoms with van der Waals surface area (Å²) in [6.45, 7) is 8.58. The lowest BCUT2D eigenvalue weighted by Crippen LogP contribution is -2.53. The Kier molecular flexibility index (Phi) is 8.07. The SMILES string of the molecule is COC(=O)c1sc(C#CC(C)(C)C)cc1N(NC1CCC(C)CC1)C1CCC(O)CC1. The van der Waals surface area contributed by atoms with Crippen LogP contribution < -0.4 is 10.4 Å². The van der Waals surface area contributed by atoms with E-state index >= 15 is 0 Å². The van der Waals surface area contributed by atoms with E-state index in [2.05, 4.69) is 50.0 Å². The number of anilines is 1. The van der Waals surface area contributed by atoms with Crippen molar-refractivity contribution in [3.63, 3.8) is 0 Å². The number of carbonyl (C=O) groups is 1. The van der Waals surface area contributed by atoms with E-state index in [1.165, 1.54) is 31.3 Å². The number of rotatable bonds is 5. The maximum Gasteiger partial charge on any atom is 0.350 e. The van der Waals surface area contributed by atoms with Gasteiger partial charge in [0.15, 0.2) is 0 Å². The van der Waals surface area contributed by atoms with Gasteiger partial charge in [-0.2, -0.15) is 0 Å². The molecule has 6 heteroatoms. The van der Waals surface area contributed by atoms with Crippen molar-refractivity contribution in [2.24, 2.45) is 11.3 Å². The minimum atomic E-state index is -0.316. The van der Waals surface area contributed by atoms with Crippen molar-refractivity contribution in [3.8, 4) is 11.8 Å². The van der Waals surface area contributed by atoms with Crippen LogP contribution in [0.25, 0.3) is 0 Å². The zero-order chi connectivity index (χ0) is 22.6. The van der Waals surface area contributed by atoms with Crippen LogP contribution in [0.5, 0.6) is 0 Å². The van der Waals surface area contributed by atoms with E-state index < -0.39 is 0 Å². The number of ether oxygens (including phenoxy) is 1. The highest BCUT2D eigenvalue weighted by Crippen LogP contribution is 2.36. The van der Waals surface area contributed by atoms with Crippen LogP contribution in [0.15, 0.2) is 6.07 Å². The van der Waals surface area contributed by atoms with Crippen LogP contribution in [-0.4, -0.2) is 36.4 Å². The molecular weight excluding hydrogens is 408 g/mol. The molecule has 1 aromatic rings. The molecule has 0 aliphatic heterocycles. The molecule has 0 saturated heterocycles. The largest absolute Gasteiger partial charge is 0.465 e. The molecule has 0 spiro atoms. The van der Waals surface area contributed by atoms with Crippen LogP contribution in [0.4, 0.5) is 5.69 Å². The molecule has 0 aromatic carbocycles. The van der Waals surface area contributed by atoms with Crippen molar-refractivity contribution in [2.45, 2.75) is 97.2 Å². The van der Waals surface area contributed by atoms with Crippen LogP contribution in [0.3, 0.4) is 0 Å². The summed E-state index contributed by atoms with van der Waals surface area (Å²) in [5, 5.41) is 12.3. The van der Waals surface area contributed by atoms with Crippen LogP contribution >= 0.6 is 11.3 Å². The quantitative estimate of drug-likeness (QED) is 0.373. The van der Waals surface area contributed by atoms with Gasteiger partial charge in [0.1, 0.15) is 4.88 Å². The van der Waals surface area contributed by atoms with Crippen molar-refractivity contribution < 1.29 is 14.6 Å². The molecule has 1 heterocycles. The molecule has 2 aliphatic rings. The average molecular weight is 447 g/mol. The number of aliphatic hydroxyl groups excluding tert-OH is 1. The molecule has 2 saturated carbocycles. The lowest BCUT2D eigenvalue weighted by molar-refractivity contribution is 0.0606. The Labute approximate surface area is 191 Å². The van der Waals surface area contributed by atoms with E-state index in [-0.39, 0.29) is 23.5 Å². The zero-order valence-corrected chi connectivity index (χ0v) is 20.5. The molecule has 0 amide bonds. The predicted octanol–water partition coefficient (Wildman–Crippen LogP) is 5.13. The van der Waals surface area contributed by atoms with Gasteiger partial charge in [0.25, 0.3) is 0 Å². The maximum atomic E-state index is 12.7. The van der Waals surface area contributed by atoms with Gasteiger partial charge in [-0.15, -0.1) is 11.3 Å². The molecule has 1 aromatic heterocycles. The van der Waals surface area contributed by atoms with Gasteiger partial charge in [0.2, 0.25) is 0 Å². The first-order chi connectivity index (χ1) is 14.7. The van der Waals surface area contributed by atoms with E-state index in [0.29, 0.717) is 10.9 Å². The van der Waals surface area contributed by atoms with Crippen molar-refractivity contribution in [3.05, 3.63) is 15.8 Å². The van der Waals surface area contributed by atoms with E-state index in [1.54, 1.807) is 0 Å². The monoisotopic (exact) mass is 446 g/mol. The molecular formula is C25H38N2O3S. The van der Waals surface area contributed by atoms with Gasteiger partial charge >= 0.3 is 5.97 Å². The first-order valence-corrected chi connectivity index (χ1v) is 12.5. The van der Waals surface area contributed by atoms with Gasteiger partial charge in [0.05, 0.1) is 23.8 Å². The first kappa shape index (κ1) is 24.1. The van der Waals surface area contributed by atoms with Gasteiger partial charge in [0, 0.05) is 17.5 Å². The Morgan fingerprint density at radius 2 is 1.81 bits per heavy atom. The van der Waals surface area contributed by atoms with E-state index in [1.807, 2.05) is 6.07 Å². The number of hydrazine groups is 1. The number of methoxy groups -OCH3 is 1. The third-order valence-electron chi connectivity index (χ3n) is 6.27. The van der Waals surface area contributed by atoms with Crippen molar-refractivity contribution in [1.29, 1.82) is 0 Å². The van der Waals surface area contributed by atoms with Crippen molar-refractivity contribution >= 4 is 23.0 Å². The molecule has 31 heavy (non-hydrogen) atoms. The summed E-state index contributed by atoms with van der Waals surface area (Å²) in [6.07, 6.45) is 7.90. The fraction of sp³-hybridized carbons (Fsp3) is 0.720. The third kappa shape index (κ3) is 6.71. The highest BCUT2D eigenvalue weighted by molar-refractivity contribution is 7.15. The minimum absolute atomic E-state index is 0.105. The summed E-state index contributed by atoms with van der Waals surface area (Å²) >= 11 is 1.41. The molecule has 172 valence electrons. The number of hydrogen-bond acceptors (Lipinski definition) is 6. The third-order valence-corrected chi connectivity index (χ3v) is 7.29. The van der Waals surface area contributed by atoms with E-state index in [9.17, 15) is 9.90 Å². The second-order valence-corrected chi connectivity index (χ2v) is 11.3. The Morgan fingerprint density at radius 1 is 1.16 bits per heavy atom. The van der Waals surface area contributed by atoms with E-state index in [4.69, 9.17) is 4.74 Å². The van der Waals surface area contributed by atoms with Gasteiger partial charge in [-0.05, 0) is 84.1 Å². The summed E-state index contributed by atoms with van der Waals surface area (Å²) in [6, 6.07) is 2.68.